The molecule has 0 radical (unpaired) electrons. The van der Waals surface area contributed by atoms with Crippen molar-refractivity contribution < 1.29 is 21.6 Å². The standard InChI is InChI=1S/C25H27Cl2F3N4O4S/c1-2-39(37,38)20-7-6-15(26)9-14(20)12-34-23(35)17-10-19(25(28,29)30)18(21(27)22(17)32-24(34)36)13-33-8-4-3-5-16(33)11-31/h6-7,9-10,16H,2-5,8,11-13,31H2,1H3,(H,32,36). The minimum absolute atomic E-state index is 0.0491. The maximum Gasteiger partial charge on any atom is 0.416 e. The number of likely N-dealkylation sites (tertiary alicyclic amines) is 1. The number of sulfone groups is 1. The summed E-state index contributed by atoms with van der Waals surface area (Å²) in [6.45, 7) is 1.55. The number of fused-ring (bicyclic) bond motifs is 1. The second kappa shape index (κ2) is 11.2. The highest BCUT2D eigenvalue weighted by Crippen LogP contribution is 2.39. The predicted octanol–water partition coefficient (Wildman–Crippen LogP) is 4.17. The van der Waals surface area contributed by atoms with E-state index in [9.17, 15) is 31.2 Å². The molecule has 3 aromatic rings. The van der Waals surface area contributed by atoms with Crippen molar-refractivity contribution >= 4 is 43.9 Å². The Kier molecular flexibility index (Phi) is 8.53. The molecule has 1 aliphatic rings. The molecular formula is C25H27Cl2F3N4O4S. The average Bonchev–Trinajstić information content (AvgIpc) is 2.88. The van der Waals surface area contributed by atoms with Crippen molar-refractivity contribution in [1.82, 2.24) is 14.5 Å². The second-order valence-corrected chi connectivity index (χ2v) is 12.5. The molecule has 0 saturated carbocycles. The Bertz CT molecular complexity index is 1640. The van der Waals surface area contributed by atoms with E-state index in [2.05, 4.69) is 4.98 Å². The van der Waals surface area contributed by atoms with Crippen molar-refractivity contribution in [1.29, 1.82) is 0 Å². The zero-order valence-corrected chi connectivity index (χ0v) is 23.3. The first kappa shape index (κ1) is 29.6. The molecule has 0 aliphatic carbocycles. The van der Waals surface area contributed by atoms with Crippen LogP contribution >= 0.6 is 23.2 Å². The summed E-state index contributed by atoms with van der Waals surface area (Å²) in [5.41, 5.74) is 2.31. The molecule has 2 aromatic carbocycles. The molecule has 0 spiro atoms. The van der Waals surface area contributed by atoms with Crippen LogP contribution in [0.15, 0.2) is 38.8 Å². The summed E-state index contributed by atoms with van der Waals surface area (Å²) < 4.78 is 68.5. The van der Waals surface area contributed by atoms with Gasteiger partial charge in [0.1, 0.15) is 0 Å². The number of aromatic amines is 1. The number of H-pyrrole nitrogens is 1. The van der Waals surface area contributed by atoms with E-state index in [0.717, 1.165) is 19.3 Å². The van der Waals surface area contributed by atoms with Gasteiger partial charge in [0.15, 0.2) is 9.84 Å². The molecule has 3 N–H and O–H groups in total. The summed E-state index contributed by atoms with van der Waals surface area (Å²) in [5, 5.41) is -0.669. The minimum atomic E-state index is -4.84. The van der Waals surface area contributed by atoms with Crippen molar-refractivity contribution in [3.63, 3.8) is 0 Å². The highest BCUT2D eigenvalue weighted by atomic mass is 35.5. The van der Waals surface area contributed by atoms with E-state index in [1.54, 1.807) is 0 Å². The van der Waals surface area contributed by atoms with Crippen LogP contribution in [0.2, 0.25) is 10.0 Å². The Labute approximate surface area is 232 Å². The van der Waals surface area contributed by atoms with Gasteiger partial charge in [-0.1, -0.05) is 36.5 Å². The minimum Gasteiger partial charge on any atom is -0.329 e. The van der Waals surface area contributed by atoms with Crippen LogP contribution in [0.25, 0.3) is 10.9 Å². The lowest BCUT2D eigenvalue weighted by atomic mass is 9.98. The summed E-state index contributed by atoms with van der Waals surface area (Å²) in [5.74, 6) is -0.250. The summed E-state index contributed by atoms with van der Waals surface area (Å²) in [7, 11) is -3.76. The SMILES string of the molecule is CCS(=O)(=O)c1ccc(Cl)cc1Cn1c(=O)[nH]c2c(Cl)c(CN3CCCCC3CN)c(C(F)(F)F)cc2c1=O. The Morgan fingerprint density at radius 1 is 1.13 bits per heavy atom. The zero-order valence-electron chi connectivity index (χ0n) is 20.9. The maximum absolute atomic E-state index is 14.3. The van der Waals surface area contributed by atoms with Gasteiger partial charge in [-0.05, 0) is 54.8 Å². The molecule has 1 saturated heterocycles. The normalized spacial score (nSPS) is 17.2. The van der Waals surface area contributed by atoms with E-state index in [1.807, 2.05) is 4.90 Å². The zero-order chi connectivity index (χ0) is 28.7. The first-order valence-electron chi connectivity index (χ1n) is 12.3. The summed E-state index contributed by atoms with van der Waals surface area (Å²) in [6.07, 6.45) is -2.39. The predicted molar refractivity (Wildman–Crippen MR) is 144 cm³/mol. The molecule has 2 heterocycles. The fourth-order valence-corrected chi connectivity index (χ4v) is 6.60. The van der Waals surface area contributed by atoms with Crippen molar-refractivity contribution in [2.75, 3.05) is 18.8 Å². The summed E-state index contributed by atoms with van der Waals surface area (Å²) in [4.78, 5) is 30.6. The third kappa shape index (κ3) is 5.90. The largest absolute Gasteiger partial charge is 0.416 e. The Balaban J connectivity index is 1.90. The van der Waals surface area contributed by atoms with Crippen LogP contribution in [0.1, 0.15) is 42.9 Å². The molecule has 1 aliphatic heterocycles. The highest BCUT2D eigenvalue weighted by molar-refractivity contribution is 7.91. The first-order chi connectivity index (χ1) is 18.3. The van der Waals surface area contributed by atoms with Crippen molar-refractivity contribution in [3.8, 4) is 0 Å². The van der Waals surface area contributed by atoms with Gasteiger partial charge in [0.25, 0.3) is 5.56 Å². The fourth-order valence-electron chi connectivity index (χ4n) is 4.98. The molecular weight excluding hydrogens is 580 g/mol. The molecule has 212 valence electrons. The van der Waals surface area contributed by atoms with Crippen LogP contribution in [0.5, 0.6) is 0 Å². The maximum atomic E-state index is 14.3. The van der Waals surface area contributed by atoms with Gasteiger partial charge in [-0.2, -0.15) is 13.2 Å². The van der Waals surface area contributed by atoms with Crippen LogP contribution in [-0.4, -0.2) is 47.8 Å². The van der Waals surface area contributed by atoms with Gasteiger partial charge < -0.3 is 10.7 Å². The van der Waals surface area contributed by atoms with E-state index >= 15 is 0 Å². The molecule has 0 amide bonds. The number of alkyl halides is 3. The van der Waals surface area contributed by atoms with E-state index < -0.39 is 44.8 Å². The van der Waals surface area contributed by atoms with E-state index in [-0.39, 0.29) is 56.5 Å². The third-order valence-electron chi connectivity index (χ3n) is 7.07. The Morgan fingerprint density at radius 3 is 2.49 bits per heavy atom. The van der Waals surface area contributed by atoms with Crippen LogP contribution in [0.4, 0.5) is 13.2 Å². The monoisotopic (exact) mass is 606 g/mol. The molecule has 14 heteroatoms. The molecule has 1 aromatic heterocycles. The van der Waals surface area contributed by atoms with E-state index in [4.69, 9.17) is 28.9 Å². The Morgan fingerprint density at radius 2 is 1.85 bits per heavy atom. The van der Waals surface area contributed by atoms with Crippen LogP contribution in [-0.2, 0) is 29.1 Å². The van der Waals surface area contributed by atoms with Gasteiger partial charge in [0.2, 0.25) is 0 Å². The molecule has 39 heavy (non-hydrogen) atoms. The molecule has 8 nitrogen and oxygen atoms in total. The molecule has 1 atom stereocenters. The van der Waals surface area contributed by atoms with Gasteiger partial charge in [0.05, 0.1) is 38.7 Å². The molecule has 1 fully saturated rings. The number of benzene rings is 2. The molecule has 0 bridgehead atoms. The van der Waals surface area contributed by atoms with Crippen molar-refractivity contribution in [2.45, 2.75) is 56.4 Å². The lowest BCUT2D eigenvalue weighted by Gasteiger charge is -2.35. The van der Waals surface area contributed by atoms with Crippen molar-refractivity contribution in [2.24, 2.45) is 5.73 Å². The van der Waals surface area contributed by atoms with Crippen LogP contribution in [0, 0.1) is 0 Å². The number of hydrogen-bond acceptors (Lipinski definition) is 6. The molecule has 4 rings (SSSR count). The number of rotatable bonds is 7. The number of nitrogens with zero attached hydrogens (tertiary/aromatic N) is 2. The van der Waals surface area contributed by atoms with Gasteiger partial charge in [0, 0.05) is 24.2 Å². The number of aromatic nitrogens is 2. The lowest BCUT2D eigenvalue weighted by Crippen LogP contribution is -2.43. The van der Waals surface area contributed by atoms with Crippen molar-refractivity contribution in [3.05, 3.63) is 71.8 Å². The van der Waals surface area contributed by atoms with Gasteiger partial charge in [-0.15, -0.1) is 0 Å². The topological polar surface area (TPSA) is 118 Å². The Hall–Kier alpha value is -2.38. The van der Waals surface area contributed by atoms with Crippen LogP contribution < -0.4 is 17.0 Å². The lowest BCUT2D eigenvalue weighted by molar-refractivity contribution is -0.138. The van der Waals surface area contributed by atoms with Crippen LogP contribution in [0.3, 0.4) is 0 Å². The number of hydrogen-bond donors (Lipinski definition) is 2. The van der Waals surface area contributed by atoms with Gasteiger partial charge in [-0.3, -0.25) is 14.3 Å². The number of piperidine rings is 1. The van der Waals surface area contributed by atoms with E-state index in [1.165, 1.54) is 25.1 Å². The summed E-state index contributed by atoms with van der Waals surface area (Å²) >= 11 is 12.5. The fraction of sp³-hybridized carbons (Fsp3) is 0.440. The third-order valence-corrected chi connectivity index (χ3v) is 9.55. The van der Waals surface area contributed by atoms with E-state index in [0.29, 0.717) is 17.2 Å². The number of nitrogens with one attached hydrogen (secondary N) is 1. The van der Waals surface area contributed by atoms with Gasteiger partial charge in [-0.25, -0.2) is 13.2 Å². The highest BCUT2D eigenvalue weighted by Gasteiger charge is 2.37. The average molecular weight is 607 g/mol. The quantitative estimate of drug-likeness (QED) is 0.417. The smallest absolute Gasteiger partial charge is 0.329 e. The molecule has 1 unspecified atom stereocenters. The second-order valence-electron chi connectivity index (χ2n) is 9.47. The first-order valence-corrected chi connectivity index (χ1v) is 14.7. The number of halogens is 5. The van der Waals surface area contributed by atoms with Gasteiger partial charge >= 0.3 is 11.9 Å². The summed E-state index contributed by atoms with van der Waals surface area (Å²) in [6, 6.07) is 4.48. The number of nitrogens with two attached hydrogens (primary N) is 1.